The summed E-state index contributed by atoms with van der Waals surface area (Å²) in [6, 6.07) is 2.28. The number of pyridine rings is 1. The molecule has 2 aromatic heterocycles. The van der Waals surface area contributed by atoms with E-state index in [4.69, 9.17) is 22.8 Å². The highest BCUT2D eigenvalue weighted by atomic mass is 32.2. The van der Waals surface area contributed by atoms with Crippen molar-refractivity contribution in [3.8, 4) is 6.07 Å². The molecule has 0 saturated carbocycles. The van der Waals surface area contributed by atoms with Gasteiger partial charge in [0, 0.05) is 24.6 Å². The van der Waals surface area contributed by atoms with Gasteiger partial charge in [-0.3, -0.25) is 4.79 Å². The molecule has 3 rings (SSSR count). The number of aromatic nitrogens is 2. The molecule has 0 unspecified atom stereocenters. The summed E-state index contributed by atoms with van der Waals surface area (Å²) >= 11 is 2.75. The third-order valence-corrected chi connectivity index (χ3v) is 7.00. The Morgan fingerprint density at radius 3 is 2.78 bits per heavy atom. The molecular weight excluding hydrogens is 446 g/mol. The average molecular weight is 472 g/mol. The molecule has 168 valence electrons. The molecule has 2 aromatic rings. The van der Waals surface area contributed by atoms with Gasteiger partial charge in [0.05, 0.1) is 24.4 Å². The Hall–Kier alpha value is -2.86. The molecule has 0 aliphatic carbocycles. The van der Waals surface area contributed by atoms with E-state index in [1.54, 1.807) is 0 Å². The maximum atomic E-state index is 10.9. The molecule has 1 aliphatic heterocycles. The quantitative estimate of drug-likeness (QED) is 0.256. The minimum Gasteiger partial charge on any atom is -0.466 e. The molecule has 3 heterocycles. The number of rotatable bonds is 8. The van der Waals surface area contributed by atoms with Gasteiger partial charge in [0.1, 0.15) is 16.9 Å². The molecule has 0 bridgehead atoms. The van der Waals surface area contributed by atoms with Crippen LogP contribution in [0.4, 0.5) is 16.6 Å². The van der Waals surface area contributed by atoms with Gasteiger partial charge in [-0.05, 0) is 43.8 Å². The first-order chi connectivity index (χ1) is 15.4. The molecule has 0 atom stereocenters. The lowest BCUT2D eigenvalue weighted by atomic mass is 9.86. The summed E-state index contributed by atoms with van der Waals surface area (Å²) in [5.41, 5.74) is 14.1. The largest absolute Gasteiger partial charge is 0.466 e. The van der Waals surface area contributed by atoms with Crippen LogP contribution in [0.5, 0.6) is 0 Å². The van der Waals surface area contributed by atoms with E-state index in [-0.39, 0.29) is 23.4 Å². The number of hydrogen-bond donors (Lipinski definition) is 2. The molecule has 1 aliphatic rings. The Morgan fingerprint density at radius 1 is 1.44 bits per heavy atom. The SMILES string of the molecule is [C-]#[N+]c1c(N)nc(SCc2csc(N)n2)c(C#N)c1C1CCN(CCCOC(C)=O)CC1. The Kier molecular flexibility index (Phi) is 8.28. The van der Waals surface area contributed by atoms with Crippen LogP contribution in [0.3, 0.4) is 0 Å². The summed E-state index contributed by atoms with van der Waals surface area (Å²) in [5.74, 6) is 0.490. The van der Waals surface area contributed by atoms with Crippen molar-refractivity contribution in [2.24, 2.45) is 0 Å². The third-order valence-electron chi connectivity index (χ3n) is 5.27. The third kappa shape index (κ3) is 5.88. The van der Waals surface area contributed by atoms with Crippen molar-refractivity contribution in [1.29, 1.82) is 5.26 Å². The van der Waals surface area contributed by atoms with E-state index >= 15 is 0 Å². The van der Waals surface area contributed by atoms with Crippen molar-refractivity contribution in [3.63, 3.8) is 0 Å². The number of nitrogens with two attached hydrogens (primary N) is 2. The Labute approximate surface area is 195 Å². The molecule has 0 aromatic carbocycles. The van der Waals surface area contributed by atoms with E-state index in [1.165, 1.54) is 30.0 Å². The van der Waals surface area contributed by atoms with Crippen LogP contribution < -0.4 is 11.5 Å². The standard InChI is InChI=1S/C21H25N7O2S2/c1-13(29)30-9-3-6-28-7-4-14(5-8-28)17-16(10-22)20(27-19(23)18(17)25-2)31-11-15-12-32-21(24)26-15/h12,14H,3-9,11H2,1H3,(H2,23,27)(H2,24,26). The highest BCUT2D eigenvalue weighted by Crippen LogP contribution is 2.43. The summed E-state index contributed by atoms with van der Waals surface area (Å²) in [6.45, 7) is 12.0. The van der Waals surface area contributed by atoms with Gasteiger partial charge in [-0.25, -0.2) is 14.8 Å². The zero-order chi connectivity index (χ0) is 23.1. The van der Waals surface area contributed by atoms with Gasteiger partial charge >= 0.3 is 5.97 Å². The molecule has 0 radical (unpaired) electrons. The van der Waals surface area contributed by atoms with Gasteiger partial charge < -0.3 is 21.1 Å². The highest BCUT2D eigenvalue weighted by molar-refractivity contribution is 7.98. The smallest absolute Gasteiger partial charge is 0.302 e. The molecule has 1 fully saturated rings. The van der Waals surface area contributed by atoms with Gasteiger partial charge in [-0.15, -0.1) is 11.3 Å². The normalized spacial score (nSPS) is 14.6. The number of thioether (sulfide) groups is 1. The number of esters is 1. The lowest BCUT2D eigenvalue weighted by Crippen LogP contribution is -2.34. The van der Waals surface area contributed by atoms with Gasteiger partial charge in [0.15, 0.2) is 5.13 Å². The summed E-state index contributed by atoms with van der Waals surface area (Å²) in [5, 5.41) is 12.9. The van der Waals surface area contributed by atoms with Crippen molar-refractivity contribution in [3.05, 3.63) is 33.6 Å². The van der Waals surface area contributed by atoms with E-state index in [0.29, 0.717) is 28.1 Å². The summed E-state index contributed by atoms with van der Waals surface area (Å²) in [7, 11) is 0. The molecule has 0 amide bonds. The van der Waals surface area contributed by atoms with E-state index in [2.05, 4.69) is 25.8 Å². The number of nitrogen functional groups attached to an aromatic ring is 2. The molecule has 4 N–H and O–H groups in total. The first-order valence-corrected chi connectivity index (χ1v) is 12.1. The second kappa shape index (κ2) is 11.1. The van der Waals surface area contributed by atoms with Crippen LogP contribution in [0.2, 0.25) is 0 Å². The number of carbonyl (C=O) groups excluding carboxylic acids is 1. The Balaban J connectivity index is 1.74. The van der Waals surface area contributed by atoms with Gasteiger partial charge in [0.25, 0.3) is 0 Å². The molecular formula is C21H25N7O2S2. The molecule has 32 heavy (non-hydrogen) atoms. The van der Waals surface area contributed by atoms with Crippen LogP contribution in [0.1, 0.15) is 48.9 Å². The van der Waals surface area contributed by atoms with Crippen molar-refractivity contribution in [2.45, 2.75) is 42.9 Å². The number of nitrogens with zero attached hydrogens (tertiary/aromatic N) is 5. The predicted molar refractivity (Wildman–Crippen MR) is 125 cm³/mol. The summed E-state index contributed by atoms with van der Waals surface area (Å²) in [6.07, 6.45) is 2.42. The van der Waals surface area contributed by atoms with Crippen LogP contribution in [0, 0.1) is 17.9 Å². The van der Waals surface area contributed by atoms with Crippen LogP contribution in [-0.4, -0.2) is 47.1 Å². The molecule has 11 heteroatoms. The van der Waals surface area contributed by atoms with Crippen molar-refractivity contribution < 1.29 is 9.53 Å². The van der Waals surface area contributed by atoms with E-state index in [0.717, 1.165) is 50.2 Å². The number of nitriles is 1. The fraction of sp³-hybridized carbons (Fsp3) is 0.476. The molecule has 9 nitrogen and oxygen atoms in total. The summed E-state index contributed by atoms with van der Waals surface area (Å²) < 4.78 is 5.00. The lowest BCUT2D eigenvalue weighted by molar-refractivity contribution is -0.141. The molecule has 0 spiro atoms. The van der Waals surface area contributed by atoms with Crippen LogP contribution in [0.15, 0.2) is 10.4 Å². The second-order valence-electron chi connectivity index (χ2n) is 7.44. The van der Waals surface area contributed by atoms with E-state index < -0.39 is 0 Å². The number of carbonyl (C=O) groups is 1. The predicted octanol–water partition coefficient (Wildman–Crippen LogP) is 3.55. The van der Waals surface area contributed by atoms with Crippen molar-refractivity contribution in [2.75, 3.05) is 37.7 Å². The highest BCUT2D eigenvalue weighted by Gasteiger charge is 2.28. The minimum absolute atomic E-state index is 0.0676. The van der Waals surface area contributed by atoms with Crippen LogP contribution >= 0.6 is 23.1 Å². The molecule has 1 saturated heterocycles. The topological polar surface area (TPSA) is 136 Å². The monoisotopic (exact) mass is 471 g/mol. The maximum Gasteiger partial charge on any atom is 0.302 e. The van der Waals surface area contributed by atoms with E-state index in [1.807, 2.05) is 5.38 Å². The summed E-state index contributed by atoms with van der Waals surface area (Å²) in [4.78, 5) is 25.4. The maximum absolute atomic E-state index is 10.9. The number of likely N-dealkylation sites (tertiary alicyclic amines) is 1. The van der Waals surface area contributed by atoms with Crippen LogP contribution in [0.25, 0.3) is 4.85 Å². The number of thiazole rings is 1. The van der Waals surface area contributed by atoms with Crippen molar-refractivity contribution >= 4 is 45.7 Å². The van der Waals surface area contributed by atoms with Crippen molar-refractivity contribution in [1.82, 2.24) is 14.9 Å². The minimum atomic E-state index is -0.262. The fourth-order valence-electron chi connectivity index (χ4n) is 3.80. The van der Waals surface area contributed by atoms with Gasteiger partial charge in [-0.2, -0.15) is 5.26 Å². The van der Waals surface area contributed by atoms with E-state index in [9.17, 15) is 10.1 Å². The fourth-order valence-corrected chi connectivity index (χ4v) is 5.36. The zero-order valence-electron chi connectivity index (χ0n) is 17.8. The van der Waals surface area contributed by atoms with Gasteiger partial charge in [0.2, 0.25) is 5.69 Å². The first kappa shape index (κ1) is 23.8. The Morgan fingerprint density at radius 2 is 2.19 bits per heavy atom. The number of anilines is 2. The first-order valence-electron chi connectivity index (χ1n) is 10.2. The Bertz CT molecular complexity index is 1050. The number of piperidine rings is 1. The van der Waals surface area contributed by atoms with Gasteiger partial charge in [-0.1, -0.05) is 11.8 Å². The lowest BCUT2D eigenvalue weighted by Gasteiger charge is -2.33. The number of ether oxygens (including phenoxy) is 1. The number of hydrogen-bond acceptors (Lipinski definition) is 10. The zero-order valence-corrected chi connectivity index (χ0v) is 19.5. The average Bonchev–Trinajstić information content (AvgIpc) is 3.20. The van der Waals surface area contributed by atoms with Crippen LogP contribution in [-0.2, 0) is 15.3 Å². The second-order valence-corrected chi connectivity index (χ2v) is 9.29.